The average Bonchev–Trinajstić information content (AvgIpc) is 3.32. The van der Waals surface area contributed by atoms with Crippen LogP contribution in [0.25, 0.3) is 0 Å². The van der Waals surface area contributed by atoms with E-state index in [4.69, 9.17) is 58.9 Å². The molecule has 8 atom stereocenters. The number of hydrogen-bond acceptors (Lipinski definition) is 14. The Morgan fingerprint density at radius 3 is 1.17 bits per heavy atom. The van der Waals surface area contributed by atoms with Gasteiger partial charge in [0.15, 0.2) is 0 Å². The molecular formula is C50H88O14Si12. The third-order valence-electron chi connectivity index (χ3n) is 13.7. The molecule has 3 saturated heterocycles. The SMILES string of the molecule is C[SiH]1O[SiH](C)O[Si](C)(CCCOc2ccc(Cc3ccc(C[Si]4(C)O[SiH](C)O[SiH](C)O[Si](C)(CCCOCCCCc5ccc(Cc6ccc(C[Si]7(C)O[SiH](C)O[SiH](C)O[SiH](C)O7)cc6)cc5)O4)cc3)cc2)O[SiH](C)O1. The Bertz CT molecular complexity index is 2330. The Kier molecular flexibility index (Phi) is 24.3. The average molecular weight is 1250 g/mol. The monoisotopic (exact) mass is 1250 g/mol. The summed E-state index contributed by atoms with van der Waals surface area (Å²) < 4.78 is 89.7. The Balaban J connectivity index is 0.788. The van der Waals surface area contributed by atoms with Gasteiger partial charge in [-0.25, -0.2) is 0 Å². The minimum Gasteiger partial charge on any atom is -0.494 e. The van der Waals surface area contributed by atoms with Crippen molar-refractivity contribution in [2.45, 2.75) is 148 Å². The molecule has 4 aromatic carbocycles. The van der Waals surface area contributed by atoms with E-state index in [1.54, 1.807) is 0 Å². The molecule has 76 heavy (non-hydrogen) atoms. The van der Waals surface area contributed by atoms with Crippen molar-refractivity contribution in [3.05, 3.63) is 136 Å². The van der Waals surface area contributed by atoms with E-state index in [0.717, 1.165) is 81.5 Å². The van der Waals surface area contributed by atoms with Crippen LogP contribution < -0.4 is 4.74 Å². The van der Waals surface area contributed by atoms with E-state index in [9.17, 15) is 0 Å². The van der Waals surface area contributed by atoms with E-state index < -0.39 is 109 Å². The van der Waals surface area contributed by atoms with Crippen LogP contribution in [0.15, 0.2) is 97.1 Å². The first-order chi connectivity index (χ1) is 36.2. The van der Waals surface area contributed by atoms with Crippen LogP contribution in [0.1, 0.15) is 64.6 Å². The van der Waals surface area contributed by atoms with Gasteiger partial charge in [0.05, 0.1) is 6.61 Å². The predicted molar refractivity (Wildman–Crippen MR) is 330 cm³/mol. The fourth-order valence-electron chi connectivity index (χ4n) is 10.6. The van der Waals surface area contributed by atoms with Crippen molar-refractivity contribution in [1.82, 2.24) is 0 Å². The number of ether oxygens (including phenoxy) is 2. The molecule has 0 aliphatic carbocycles. The third kappa shape index (κ3) is 21.3. The first-order valence-electron chi connectivity index (χ1n) is 27.8. The second-order valence-electron chi connectivity index (χ2n) is 21.5. The van der Waals surface area contributed by atoms with Crippen molar-refractivity contribution in [1.29, 1.82) is 0 Å². The van der Waals surface area contributed by atoms with Crippen LogP contribution in [0.4, 0.5) is 0 Å². The molecule has 0 bridgehead atoms. The van der Waals surface area contributed by atoms with Crippen LogP contribution >= 0.6 is 0 Å². The molecule has 420 valence electrons. The summed E-state index contributed by atoms with van der Waals surface area (Å²) in [7, 11) is -24.1. The highest BCUT2D eigenvalue weighted by Crippen LogP contribution is 2.30. The van der Waals surface area contributed by atoms with Gasteiger partial charge in [-0.15, -0.1) is 0 Å². The first kappa shape index (κ1) is 62.4. The minimum atomic E-state index is -2.68. The van der Waals surface area contributed by atoms with Crippen LogP contribution in [0.3, 0.4) is 0 Å². The molecule has 0 amide bonds. The lowest BCUT2D eigenvalue weighted by Gasteiger charge is -2.43. The Hall–Kier alpha value is -1.24. The second kappa shape index (κ2) is 29.7. The van der Waals surface area contributed by atoms with Crippen molar-refractivity contribution in [2.75, 3.05) is 19.8 Å². The summed E-state index contributed by atoms with van der Waals surface area (Å²) in [5.41, 5.74) is 8.96. The Morgan fingerprint density at radius 2 is 0.684 bits per heavy atom. The van der Waals surface area contributed by atoms with E-state index in [0.29, 0.717) is 13.2 Å². The normalized spacial score (nSPS) is 31.8. The molecule has 3 heterocycles. The lowest BCUT2D eigenvalue weighted by atomic mass is 10.0. The van der Waals surface area contributed by atoms with Crippen LogP contribution in [0, 0.1) is 0 Å². The first-order valence-corrected chi connectivity index (χ1v) is 54.6. The van der Waals surface area contributed by atoms with E-state index in [2.05, 4.69) is 176 Å². The van der Waals surface area contributed by atoms with Crippen molar-refractivity contribution < 1.29 is 58.9 Å². The van der Waals surface area contributed by atoms with Crippen LogP contribution in [-0.2, 0) is 85.5 Å². The molecule has 3 fully saturated rings. The molecule has 3 aliphatic rings. The molecule has 0 spiro atoms. The largest absolute Gasteiger partial charge is 0.494 e. The molecule has 0 radical (unpaired) electrons. The number of unbranched alkanes of at least 4 members (excludes halogenated alkanes) is 1. The van der Waals surface area contributed by atoms with Gasteiger partial charge in [-0.3, -0.25) is 0 Å². The van der Waals surface area contributed by atoms with E-state index in [1.165, 1.54) is 38.9 Å². The van der Waals surface area contributed by atoms with Gasteiger partial charge in [-0.05, 0) is 187 Å². The third-order valence-corrected chi connectivity index (χ3v) is 57.0. The molecular weight excluding hydrogens is 1160 g/mol. The molecule has 26 heteroatoms. The molecule has 0 saturated carbocycles. The van der Waals surface area contributed by atoms with Gasteiger partial charge in [0, 0.05) is 25.3 Å². The highest BCUT2D eigenvalue weighted by molar-refractivity contribution is 6.87. The van der Waals surface area contributed by atoms with Gasteiger partial charge in [0.1, 0.15) is 5.75 Å². The highest BCUT2D eigenvalue weighted by atomic mass is 28.5. The van der Waals surface area contributed by atoms with Gasteiger partial charge in [0.25, 0.3) is 74.3 Å². The van der Waals surface area contributed by atoms with Gasteiger partial charge >= 0.3 is 34.2 Å². The summed E-state index contributed by atoms with van der Waals surface area (Å²) in [6, 6.07) is 38.7. The van der Waals surface area contributed by atoms with E-state index in [-0.39, 0.29) is 0 Å². The molecule has 14 nitrogen and oxygen atoms in total. The van der Waals surface area contributed by atoms with Gasteiger partial charge in [0.2, 0.25) is 0 Å². The minimum absolute atomic E-state index is 0.615. The van der Waals surface area contributed by atoms with Crippen LogP contribution in [0.2, 0.25) is 90.7 Å². The van der Waals surface area contributed by atoms with Gasteiger partial charge < -0.3 is 58.9 Å². The fraction of sp³-hybridized carbons (Fsp3) is 0.520. The van der Waals surface area contributed by atoms with Crippen molar-refractivity contribution in [2.24, 2.45) is 0 Å². The molecule has 7 rings (SSSR count). The maximum atomic E-state index is 7.15. The number of hydrogen-bond donors (Lipinski definition) is 0. The van der Waals surface area contributed by atoms with Gasteiger partial charge in [-0.1, -0.05) is 84.9 Å². The summed E-state index contributed by atoms with van der Waals surface area (Å²) in [6.07, 6.45) is 6.67. The lowest BCUT2D eigenvalue weighted by molar-refractivity contribution is 0.129. The van der Waals surface area contributed by atoms with E-state index >= 15 is 0 Å². The quantitative estimate of drug-likeness (QED) is 0.0551. The maximum absolute atomic E-state index is 7.15. The van der Waals surface area contributed by atoms with E-state index in [1.807, 2.05) is 0 Å². The molecule has 3 aliphatic heterocycles. The number of benzene rings is 4. The highest BCUT2D eigenvalue weighted by Gasteiger charge is 2.47. The predicted octanol–water partition coefficient (Wildman–Crippen LogP) is 8.56. The van der Waals surface area contributed by atoms with Crippen molar-refractivity contribution in [3.8, 4) is 5.75 Å². The Labute approximate surface area is 473 Å². The van der Waals surface area contributed by atoms with Crippen molar-refractivity contribution in [3.63, 3.8) is 0 Å². The van der Waals surface area contributed by atoms with Crippen LogP contribution in [-0.4, -0.2) is 128 Å². The summed E-state index contributed by atoms with van der Waals surface area (Å²) in [4.78, 5) is 0. The van der Waals surface area contributed by atoms with Crippen molar-refractivity contribution >= 4 is 109 Å². The number of rotatable bonds is 22. The molecule has 0 aromatic heterocycles. The van der Waals surface area contributed by atoms with Gasteiger partial charge in [-0.2, -0.15) is 0 Å². The zero-order chi connectivity index (χ0) is 54.4. The summed E-state index contributed by atoms with van der Waals surface area (Å²) in [6.45, 7) is 27.5. The zero-order valence-corrected chi connectivity index (χ0v) is 60.7. The standard InChI is InChI=1S/C50H88O14Si12/c1-65-53-67(3)58-73(9,59-68(4)54-65)37-16-36-52-50-32-30-47(31-33-50)40-46-24-28-49(29-25-46)42-76(12)63-72(8)57-71(7)60-74(10,64-76)38-15-35-51-34-14-13-17-43-18-20-44(21-19-43)39-45-22-26-48(27-23-45)41-75(11)61-69(5)55-66(2)56-70(6)62-75/h18-33,65-72H,13-17,34-42H2,1-12H3. The molecule has 8 unspecified atom stereocenters. The Morgan fingerprint density at radius 1 is 0.342 bits per heavy atom. The van der Waals surface area contributed by atoms with Crippen LogP contribution in [0.5, 0.6) is 5.75 Å². The number of aryl methyl sites for hydroxylation is 1. The lowest BCUT2D eigenvalue weighted by Crippen LogP contribution is -2.60. The second-order valence-corrected chi connectivity index (χ2v) is 53.3. The molecule has 0 N–H and O–H groups in total. The molecule has 4 aromatic rings. The summed E-state index contributed by atoms with van der Waals surface area (Å²) >= 11 is 0. The maximum Gasteiger partial charge on any atom is 0.321 e. The smallest absolute Gasteiger partial charge is 0.321 e. The fourth-order valence-corrected chi connectivity index (χ4v) is 57.3. The summed E-state index contributed by atoms with van der Waals surface area (Å²) in [5, 5.41) is 0. The topological polar surface area (TPSA) is 129 Å². The summed E-state index contributed by atoms with van der Waals surface area (Å²) in [5.74, 6) is 0.875. The zero-order valence-electron chi connectivity index (χ0n) is 47.5.